The largest absolute Gasteiger partial charge is 0.478 e. The predicted molar refractivity (Wildman–Crippen MR) is 217 cm³/mol. The summed E-state index contributed by atoms with van der Waals surface area (Å²) in [6.45, 7) is 30.1. The number of carboxylic acid groups (broad SMARTS) is 1. The average molecular weight is 726 g/mol. The van der Waals surface area contributed by atoms with E-state index in [1.54, 1.807) is 12.1 Å². The minimum absolute atomic E-state index is 0.0230. The molecule has 1 aromatic rings. The van der Waals surface area contributed by atoms with Gasteiger partial charge in [-0.15, -0.1) is 0 Å². The number of hydrogen-bond donors (Lipinski definition) is 2. The summed E-state index contributed by atoms with van der Waals surface area (Å²) in [7, 11) is 0. The SMILES string of the molecule is C=C(C)[C@@H]1CC[C@]2(NCCN3CCN(C(=O)CC(C)C)CC3)CC[C@]3(C)[C@H](CCC4[C@@]5(C)CC=C(c6ccc(C(=O)O)cc6)C(C)(C)C5CC[C@]43C)C12. The maximum Gasteiger partial charge on any atom is 0.335 e. The minimum Gasteiger partial charge on any atom is -0.478 e. The van der Waals surface area contributed by atoms with Crippen LogP contribution < -0.4 is 5.32 Å². The Balaban J connectivity index is 1.09. The second-order valence-corrected chi connectivity index (χ2v) is 20.5. The quantitative estimate of drug-likeness (QED) is 0.248. The van der Waals surface area contributed by atoms with E-state index in [9.17, 15) is 14.7 Å². The Morgan fingerprint density at radius 2 is 1.58 bits per heavy atom. The predicted octanol–water partition coefficient (Wildman–Crippen LogP) is 9.57. The van der Waals surface area contributed by atoms with Gasteiger partial charge in [0.1, 0.15) is 0 Å². The lowest BCUT2D eigenvalue weighted by atomic mass is 9.33. The molecule has 1 amide bonds. The van der Waals surface area contributed by atoms with Gasteiger partial charge in [-0.05, 0) is 145 Å². The van der Waals surface area contributed by atoms with E-state index < -0.39 is 5.97 Å². The first-order valence-corrected chi connectivity index (χ1v) is 21.4. The van der Waals surface area contributed by atoms with Crippen LogP contribution in [0.15, 0.2) is 42.5 Å². The lowest BCUT2D eigenvalue weighted by molar-refractivity contribution is -0.219. The zero-order valence-electron chi connectivity index (χ0n) is 34.5. The molecule has 7 rings (SSSR count). The Hall–Kier alpha value is -2.44. The number of carbonyl (C=O) groups is 2. The molecule has 0 bridgehead atoms. The number of piperazine rings is 1. The molecule has 1 saturated heterocycles. The number of aromatic carboxylic acids is 1. The third-order valence-corrected chi connectivity index (χ3v) is 17.3. The molecule has 2 N–H and O–H groups in total. The topological polar surface area (TPSA) is 72.9 Å². The Morgan fingerprint density at radius 1 is 0.887 bits per heavy atom. The first-order chi connectivity index (χ1) is 25.0. The summed E-state index contributed by atoms with van der Waals surface area (Å²) < 4.78 is 0. The molecule has 3 unspecified atom stereocenters. The third-order valence-electron chi connectivity index (χ3n) is 17.3. The van der Waals surface area contributed by atoms with E-state index in [1.807, 2.05) is 12.1 Å². The molecule has 1 aromatic carbocycles. The van der Waals surface area contributed by atoms with E-state index in [-0.39, 0.29) is 16.4 Å². The number of nitrogens with one attached hydrogen (secondary N) is 1. The molecule has 4 saturated carbocycles. The number of amides is 1. The van der Waals surface area contributed by atoms with Crippen LogP contribution in [0.3, 0.4) is 0 Å². The molecule has 6 aliphatic rings. The van der Waals surface area contributed by atoms with Crippen molar-refractivity contribution in [3.63, 3.8) is 0 Å². The molecular weight excluding hydrogens is 655 g/mol. The van der Waals surface area contributed by atoms with Crippen LogP contribution in [0.2, 0.25) is 0 Å². The van der Waals surface area contributed by atoms with Crippen LogP contribution in [0.5, 0.6) is 0 Å². The second kappa shape index (κ2) is 13.9. The highest BCUT2D eigenvalue weighted by atomic mass is 16.4. The number of carbonyl (C=O) groups excluding carboxylic acids is 1. The van der Waals surface area contributed by atoms with Crippen LogP contribution in [-0.4, -0.2) is 71.6 Å². The number of allylic oxidation sites excluding steroid dienone is 3. The fraction of sp³-hybridized carbons (Fsp3) is 0.745. The average Bonchev–Trinajstić information content (AvgIpc) is 3.48. The molecule has 9 atom stereocenters. The van der Waals surface area contributed by atoms with E-state index in [0.29, 0.717) is 64.2 Å². The van der Waals surface area contributed by atoms with Crippen molar-refractivity contribution in [1.29, 1.82) is 0 Å². The van der Waals surface area contributed by atoms with Gasteiger partial charge in [0.25, 0.3) is 0 Å². The van der Waals surface area contributed by atoms with Crippen molar-refractivity contribution in [3.8, 4) is 0 Å². The first-order valence-electron chi connectivity index (χ1n) is 21.4. The summed E-state index contributed by atoms with van der Waals surface area (Å²) in [4.78, 5) is 28.9. The van der Waals surface area contributed by atoms with Crippen molar-refractivity contribution < 1.29 is 14.7 Å². The number of hydrogen-bond acceptors (Lipinski definition) is 4. The van der Waals surface area contributed by atoms with Gasteiger partial charge in [-0.1, -0.05) is 78.8 Å². The van der Waals surface area contributed by atoms with Crippen molar-refractivity contribution >= 4 is 17.4 Å². The van der Waals surface area contributed by atoms with Crippen LogP contribution in [0.4, 0.5) is 0 Å². The van der Waals surface area contributed by atoms with Crippen LogP contribution >= 0.6 is 0 Å². The molecule has 5 aliphatic carbocycles. The van der Waals surface area contributed by atoms with Crippen molar-refractivity contribution in [2.24, 2.45) is 57.2 Å². The highest BCUT2D eigenvalue weighted by Crippen LogP contribution is 2.76. The third kappa shape index (κ3) is 6.28. The molecular formula is C47H71N3O3. The number of nitrogens with zero attached hydrogens (tertiary/aromatic N) is 2. The molecule has 5 fully saturated rings. The maximum absolute atomic E-state index is 12.7. The Labute approximate surface area is 321 Å². The summed E-state index contributed by atoms with van der Waals surface area (Å²) in [6, 6.07) is 7.64. The van der Waals surface area contributed by atoms with Crippen LogP contribution in [0.1, 0.15) is 136 Å². The fourth-order valence-corrected chi connectivity index (χ4v) is 14.5. The Morgan fingerprint density at radius 3 is 2.23 bits per heavy atom. The molecule has 0 aromatic heterocycles. The zero-order chi connectivity index (χ0) is 38.1. The minimum atomic E-state index is -0.860. The van der Waals surface area contributed by atoms with Gasteiger partial charge < -0.3 is 15.3 Å². The van der Waals surface area contributed by atoms with E-state index in [2.05, 4.69) is 83.2 Å². The molecule has 53 heavy (non-hydrogen) atoms. The summed E-state index contributed by atoms with van der Waals surface area (Å²) in [6.07, 6.45) is 14.7. The standard InChI is InChI=1S/C47H71N3O3/c1-31(2)30-40(51)50-28-26-49(27-29-50)25-24-48-47-21-16-35(32(3)4)41(47)37-14-15-39-44(7)19-17-36(33-10-12-34(13-11-33)42(52)53)43(5,6)38(44)18-20-46(39,9)45(37,8)22-23-47/h10-13,17,31,35,37-39,41,48H,3,14-16,18-30H2,1-2,4-9H3,(H,52,53)/t35-,37+,38?,39?,41?,44-,45+,46+,47-/m0/s1. The maximum atomic E-state index is 12.7. The van der Waals surface area contributed by atoms with Crippen molar-refractivity contribution in [1.82, 2.24) is 15.1 Å². The summed E-state index contributed by atoms with van der Waals surface area (Å²) in [5.74, 6) is 3.13. The van der Waals surface area contributed by atoms with Crippen molar-refractivity contribution in [3.05, 3.63) is 53.6 Å². The lowest BCUT2D eigenvalue weighted by Crippen LogP contribution is -2.68. The van der Waals surface area contributed by atoms with E-state index >= 15 is 0 Å². The zero-order valence-corrected chi connectivity index (χ0v) is 34.5. The van der Waals surface area contributed by atoms with Gasteiger partial charge in [0, 0.05) is 51.2 Å². The van der Waals surface area contributed by atoms with Crippen LogP contribution in [0.25, 0.3) is 5.57 Å². The molecule has 0 spiro atoms. The number of carboxylic acids is 1. The normalized spacial score (nSPS) is 39.4. The van der Waals surface area contributed by atoms with E-state index in [4.69, 9.17) is 0 Å². The highest BCUT2D eigenvalue weighted by molar-refractivity contribution is 5.88. The number of fused-ring (bicyclic) bond motifs is 7. The second-order valence-electron chi connectivity index (χ2n) is 20.5. The van der Waals surface area contributed by atoms with Crippen LogP contribution in [-0.2, 0) is 4.79 Å². The highest BCUT2D eigenvalue weighted by Gasteiger charge is 2.70. The van der Waals surface area contributed by atoms with Gasteiger partial charge in [0.05, 0.1) is 5.56 Å². The number of benzene rings is 1. The summed E-state index contributed by atoms with van der Waals surface area (Å²) in [5, 5.41) is 13.8. The van der Waals surface area contributed by atoms with E-state index in [0.717, 1.165) is 45.7 Å². The first kappa shape index (κ1) is 38.8. The summed E-state index contributed by atoms with van der Waals surface area (Å²) >= 11 is 0. The number of rotatable bonds is 9. The Bertz CT molecular complexity index is 1600. The fourth-order valence-electron chi connectivity index (χ4n) is 14.5. The van der Waals surface area contributed by atoms with Gasteiger partial charge in [-0.25, -0.2) is 4.79 Å². The molecule has 292 valence electrons. The Kier molecular flexibility index (Phi) is 10.2. The van der Waals surface area contributed by atoms with Gasteiger partial charge in [0.15, 0.2) is 0 Å². The van der Waals surface area contributed by atoms with Gasteiger partial charge in [-0.2, -0.15) is 0 Å². The molecule has 1 heterocycles. The van der Waals surface area contributed by atoms with Gasteiger partial charge in [-0.3, -0.25) is 9.69 Å². The molecule has 6 nitrogen and oxygen atoms in total. The van der Waals surface area contributed by atoms with Gasteiger partial charge in [0.2, 0.25) is 5.91 Å². The van der Waals surface area contributed by atoms with Crippen molar-refractivity contribution in [2.75, 3.05) is 39.3 Å². The summed E-state index contributed by atoms with van der Waals surface area (Å²) in [5.41, 5.74) is 5.43. The molecule has 1 aliphatic heterocycles. The smallest absolute Gasteiger partial charge is 0.335 e. The molecule has 6 heteroatoms. The van der Waals surface area contributed by atoms with Gasteiger partial charge >= 0.3 is 5.97 Å². The van der Waals surface area contributed by atoms with Crippen LogP contribution in [0, 0.1) is 57.2 Å². The van der Waals surface area contributed by atoms with Crippen molar-refractivity contribution in [2.45, 2.75) is 125 Å². The van der Waals surface area contributed by atoms with E-state index in [1.165, 1.54) is 68.1 Å². The monoisotopic (exact) mass is 726 g/mol. The molecule has 0 radical (unpaired) electrons. The lowest BCUT2D eigenvalue weighted by Gasteiger charge is -2.72.